The molecule has 3 N–H and O–H groups in total. The van der Waals surface area contributed by atoms with Crippen LogP contribution in [0, 0.1) is 0 Å². The summed E-state index contributed by atoms with van der Waals surface area (Å²) in [6.07, 6.45) is -0.0186. The Morgan fingerprint density at radius 1 is 1.65 bits per heavy atom. The van der Waals surface area contributed by atoms with Gasteiger partial charge in [0, 0.05) is 6.54 Å². The van der Waals surface area contributed by atoms with Crippen molar-refractivity contribution in [1.82, 2.24) is 0 Å². The zero-order chi connectivity index (χ0) is 12.4. The maximum atomic E-state index is 10.8. The molecule has 0 saturated carbocycles. The molecule has 0 aliphatic carbocycles. The second-order valence-electron chi connectivity index (χ2n) is 4.21. The van der Waals surface area contributed by atoms with E-state index >= 15 is 0 Å². The van der Waals surface area contributed by atoms with E-state index in [0.717, 1.165) is 11.3 Å². The van der Waals surface area contributed by atoms with Gasteiger partial charge in [0.1, 0.15) is 18.4 Å². The van der Waals surface area contributed by atoms with Gasteiger partial charge in [-0.25, -0.2) is 0 Å². The summed E-state index contributed by atoms with van der Waals surface area (Å²) in [6.45, 7) is 2.95. The molecular formula is C12H16N2O3. The fourth-order valence-corrected chi connectivity index (χ4v) is 2.02. The van der Waals surface area contributed by atoms with Gasteiger partial charge in [0.15, 0.2) is 0 Å². The van der Waals surface area contributed by atoms with E-state index in [4.69, 9.17) is 15.6 Å². The molecule has 0 amide bonds. The molecule has 5 heteroatoms. The number of nitrogens with zero attached hydrogens (tertiary/aromatic N) is 1. The maximum Gasteiger partial charge on any atom is 0.323 e. The Bertz CT molecular complexity index is 434. The van der Waals surface area contributed by atoms with Gasteiger partial charge in [0.25, 0.3) is 0 Å². The molecule has 1 aromatic carbocycles. The molecule has 2 rings (SSSR count). The molecule has 1 aromatic rings. The van der Waals surface area contributed by atoms with E-state index in [0.29, 0.717) is 18.8 Å². The van der Waals surface area contributed by atoms with Gasteiger partial charge in [0.2, 0.25) is 0 Å². The van der Waals surface area contributed by atoms with E-state index in [2.05, 4.69) is 0 Å². The highest BCUT2D eigenvalue weighted by atomic mass is 16.5. The van der Waals surface area contributed by atoms with Crippen LogP contribution >= 0.6 is 0 Å². The van der Waals surface area contributed by atoms with E-state index in [1.165, 1.54) is 0 Å². The number of rotatable bonds is 3. The number of hydrogen-bond acceptors (Lipinski definition) is 4. The average molecular weight is 236 g/mol. The third-order valence-corrected chi connectivity index (χ3v) is 2.73. The van der Waals surface area contributed by atoms with Gasteiger partial charge < -0.3 is 20.5 Å². The van der Waals surface area contributed by atoms with Crippen LogP contribution in [0.3, 0.4) is 0 Å². The summed E-state index contributed by atoms with van der Waals surface area (Å²) in [7, 11) is 0. The lowest BCUT2D eigenvalue weighted by Gasteiger charge is -2.34. The summed E-state index contributed by atoms with van der Waals surface area (Å²) >= 11 is 0. The lowest BCUT2D eigenvalue weighted by atomic mass is 10.1. The summed E-state index contributed by atoms with van der Waals surface area (Å²) in [6, 6.07) is 5.64. The Balaban J connectivity index is 2.33. The summed E-state index contributed by atoms with van der Waals surface area (Å²) < 4.78 is 5.70. The number of aliphatic carboxylic acids is 1. The highest BCUT2D eigenvalue weighted by molar-refractivity contribution is 5.75. The quantitative estimate of drug-likeness (QED) is 0.812. The van der Waals surface area contributed by atoms with Crippen molar-refractivity contribution < 1.29 is 14.6 Å². The molecule has 17 heavy (non-hydrogen) atoms. The van der Waals surface area contributed by atoms with Crippen LogP contribution in [0.1, 0.15) is 12.5 Å². The van der Waals surface area contributed by atoms with E-state index in [-0.39, 0.29) is 12.6 Å². The minimum atomic E-state index is -0.840. The van der Waals surface area contributed by atoms with E-state index in [9.17, 15) is 4.79 Å². The third kappa shape index (κ3) is 2.50. The molecule has 92 valence electrons. The van der Waals surface area contributed by atoms with Gasteiger partial charge in [-0.3, -0.25) is 4.79 Å². The number of hydrogen-bond donors (Lipinski definition) is 2. The Kier molecular flexibility index (Phi) is 3.19. The van der Waals surface area contributed by atoms with Crippen LogP contribution in [-0.2, 0) is 11.3 Å². The van der Waals surface area contributed by atoms with Crippen LogP contribution < -0.4 is 15.4 Å². The Hall–Kier alpha value is -1.75. The van der Waals surface area contributed by atoms with Gasteiger partial charge in [-0.15, -0.1) is 0 Å². The van der Waals surface area contributed by atoms with E-state index in [1.54, 1.807) is 0 Å². The lowest BCUT2D eigenvalue weighted by Crippen LogP contribution is -2.41. The molecule has 1 aliphatic heterocycles. The van der Waals surface area contributed by atoms with Gasteiger partial charge in [0.05, 0.1) is 12.2 Å². The summed E-state index contributed by atoms with van der Waals surface area (Å²) in [5, 5.41) is 8.88. The monoisotopic (exact) mass is 236 g/mol. The normalized spacial score (nSPS) is 18.5. The first kappa shape index (κ1) is 11.7. The Morgan fingerprint density at radius 3 is 3.06 bits per heavy atom. The van der Waals surface area contributed by atoms with Crippen LogP contribution in [-0.4, -0.2) is 30.3 Å². The number of carboxylic acids is 1. The number of ether oxygens (including phenoxy) is 1. The predicted octanol–water partition coefficient (Wildman–Crippen LogP) is 0.817. The zero-order valence-corrected chi connectivity index (χ0v) is 9.72. The lowest BCUT2D eigenvalue weighted by molar-refractivity contribution is -0.135. The Labute approximate surface area is 99.8 Å². The number of anilines is 1. The molecule has 5 nitrogen and oxygen atoms in total. The van der Waals surface area contributed by atoms with Gasteiger partial charge >= 0.3 is 5.97 Å². The van der Waals surface area contributed by atoms with Gasteiger partial charge in [-0.2, -0.15) is 0 Å². The first-order valence-corrected chi connectivity index (χ1v) is 5.56. The molecule has 1 heterocycles. The third-order valence-electron chi connectivity index (χ3n) is 2.73. The molecule has 0 saturated heterocycles. The van der Waals surface area contributed by atoms with Crippen molar-refractivity contribution in [1.29, 1.82) is 0 Å². The minimum absolute atomic E-state index is 0.0112. The highest BCUT2D eigenvalue weighted by Gasteiger charge is 2.24. The molecule has 0 radical (unpaired) electrons. The van der Waals surface area contributed by atoms with Gasteiger partial charge in [-0.05, 0) is 24.6 Å². The molecule has 0 spiro atoms. The van der Waals surface area contributed by atoms with Crippen molar-refractivity contribution in [2.75, 3.05) is 18.0 Å². The van der Waals surface area contributed by atoms with Crippen molar-refractivity contribution in [3.63, 3.8) is 0 Å². The number of carbonyl (C=O) groups is 1. The van der Waals surface area contributed by atoms with Crippen molar-refractivity contribution >= 4 is 11.7 Å². The van der Waals surface area contributed by atoms with Crippen molar-refractivity contribution in [3.8, 4) is 5.75 Å². The van der Waals surface area contributed by atoms with Crippen LogP contribution in [0.2, 0.25) is 0 Å². The molecule has 0 bridgehead atoms. The first-order valence-electron chi connectivity index (χ1n) is 5.56. The molecule has 0 fully saturated rings. The largest absolute Gasteiger partial charge is 0.487 e. The standard InChI is InChI=1S/C12H16N2O3/c1-8-6-14(7-12(15)16)10-3-2-9(5-13)4-11(10)17-8/h2-4,8H,5-7,13H2,1H3,(H,15,16). The number of carboxylic acid groups (broad SMARTS) is 1. The van der Waals surface area contributed by atoms with Crippen LogP contribution in [0.5, 0.6) is 5.75 Å². The molecule has 1 atom stereocenters. The number of benzene rings is 1. The molecular weight excluding hydrogens is 220 g/mol. The van der Waals surface area contributed by atoms with Gasteiger partial charge in [-0.1, -0.05) is 6.07 Å². The topological polar surface area (TPSA) is 75.8 Å². The van der Waals surface area contributed by atoms with Crippen molar-refractivity contribution in [2.24, 2.45) is 5.73 Å². The summed E-state index contributed by atoms with van der Waals surface area (Å²) in [5.41, 5.74) is 7.37. The minimum Gasteiger partial charge on any atom is -0.487 e. The SMILES string of the molecule is CC1CN(CC(=O)O)c2ccc(CN)cc2O1. The molecule has 1 unspecified atom stereocenters. The predicted molar refractivity (Wildman–Crippen MR) is 64.3 cm³/mol. The number of fused-ring (bicyclic) bond motifs is 1. The molecule has 0 aromatic heterocycles. The zero-order valence-electron chi connectivity index (χ0n) is 9.72. The maximum absolute atomic E-state index is 10.8. The summed E-state index contributed by atoms with van der Waals surface area (Å²) in [5.74, 6) is -0.124. The second kappa shape index (κ2) is 4.63. The van der Waals surface area contributed by atoms with Crippen molar-refractivity contribution in [3.05, 3.63) is 23.8 Å². The van der Waals surface area contributed by atoms with Crippen LogP contribution in [0.25, 0.3) is 0 Å². The fourth-order valence-electron chi connectivity index (χ4n) is 2.02. The highest BCUT2D eigenvalue weighted by Crippen LogP contribution is 2.33. The van der Waals surface area contributed by atoms with E-state index in [1.807, 2.05) is 30.0 Å². The van der Waals surface area contributed by atoms with Crippen LogP contribution in [0.15, 0.2) is 18.2 Å². The Morgan fingerprint density at radius 2 is 2.41 bits per heavy atom. The number of nitrogens with two attached hydrogens (primary N) is 1. The smallest absolute Gasteiger partial charge is 0.323 e. The van der Waals surface area contributed by atoms with Crippen LogP contribution in [0.4, 0.5) is 5.69 Å². The molecule has 1 aliphatic rings. The fraction of sp³-hybridized carbons (Fsp3) is 0.417. The average Bonchev–Trinajstić information content (AvgIpc) is 2.27. The first-order chi connectivity index (χ1) is 8.10. The second-order valence-corrected chi connectivity index (χ2v) is 4.21. The van der Waals surface area contributed by atoms with E-state index < -0.39 is 5.97 Å². The van der Waals surface area contributed by atoms with Crippen molar-refractivity contribution in [2.45, 2.75) is 19.6 Å². The summed E-state index contributed by atoms with van der Waals surface area (Å²) in [4.78, 5) is 12.6.